The molecule has 1 aromatic heterocycles. The van der Waals surface area contributed by atoms with Crippen LogP contribution in [0.5, 0.6) is 0 Å². The zero-order chi connectivity index (χ0) is 12.9. The number of nitrogens with one attached hydrogen (secondary N) is 1. The highest BCUT2D eigenvalue weighted by molar-refractivity contribution is 7.99. The summed E-state index contributed by atoms with van der Waals surface area (Å²) in [5.74, 6) is 0.530. The van der Waals surface area contributed by atoms with E-state index in [4.69, 9.17) is 0 Å². The minimum atomic E-state index is -0.718. The Morgan fingerprint density at radius 2 is 2.24 bits per heavy atom. The van der Waals surface area contributed by atoms with Gasteiger partial charge >= 0.3 is 0 Å². The summed E-state index contributed by atoms with van der Waals surface area (Å²) < 4.78 is 0. The topological polar surface area (TPSA) is 66.0 Å². The van der Waals surface area contributed by atoms with Crippen LogP contribution in [0.1, 0.15) is 39.3 Å². The molecule has 2 N–H and O–H groups in total. The third kappa shape index (κ3) is 4.91. The lowest BCUT2D eigenvalue weighted by Crippen LogP contribution is -2.26. The van der Waals surface area contributed by atoms with Crippen molar-refractivity contribution in [1.29, 1.82) is 0 Å². The van der Waals surface area contributed by atoms with Crippen LogP contribution in [0, 0.1) is 0 Å². The number of aliphatic hydroxyl groups is 1. The van der Waals surface area contributed by atoms with Crippen molar-refractivity contribution in [2.24, 2.45) is 0 Å². The van der Waals surface area contributed by atoms with Crippen molar-refractivity contribution in [3.63, 3.8) is 0 Å². The lowest BCUT2D eigenvalue weighted by Gasteiger charge is -2.19. The van der Waals surface area contributed by atoms with Crippen LogP contribution in [0.2, 0.25) is 0 Å². The van der Waals surface area contributed by atoms with E-state index in [0.29, 0.717) is 17.3 Å². The van der Waals surface area contributed by atoms with Gasteiger partial charge in [-0.3, -0.25) is 4.79 Å². The lowest BCUT2D eigenvalue weighted by atomic mass is 10.1. The van der Waals surface area contributed by atoms with Gasteiger partial charge in [0, 0.05) is 17.5 Å². The summed E-state index contributed by atoms with van der Waals surface area (Å²) in [4.78, 5) is 18.5. The Morgan fingerprint density at radius 3 is 2.82 bits per heavy atom. The van der Waals surface area contributed by atoms with Crippen LogP contribution >= 0.6 is 11.8 Å². The molecule has 0 amide bonds. The molecule has 4 nitrogen and oxygen atoms in total. The zero-order valence-electron chi connectivity index (χ0n) is 10.6. The van der Waals surface area contributed by atoms with Crippen LogP contribution < -0.4 is 5.56 Å². The quantitative estimate of drug-likeness (QED) is 0.603. The number of aromatic amines is 1. The Kier molecular flexibility index (Phi) is 5.21. The molecule has 1 unspecified atom stereocenters. The summed E-state index contributed by atoms with van der Waals surface area (Å²) in [6, 6.07) is 1.53. The van der Waals surface area contributed by atoms with Gasteiger partial charge in [0.2, 0.25) is 0 Å². The number of nitrogens with zero attached hydrogens (tertiary/aromatic N) is 1. The molecule has 0 saturated carbocycles. The Morgan fingerprint density at radius 1 is 1.53 bits per heavy atom. The van der Waals surface area contributed by atoms with Crippen LogP contribution in [0.15, 0.2) is 16.0 Å². The van der Waals surface area contributed by atoms with E-state index >= 15 is 0 Å². The smallest absolute Gasteiger partial charge is 0.251 e. The van der Waals surface area contributed by atoms with Crippen molar-refractivity contribution in [2.75, 3.05) is 5.75 Å². The monoisotopic (exact) mass is 256 g/mol. The van der Waals surface area contributed by atoms with Gasteiger partial charge < -0.3 is 10.1 Å². The SMILES string of the molecule is CCCc1cc(=O)[nH]c(SCC(C)(O)CC)n1. The van der Waals surface area contributed by atoms with E-state index in [-0.39, 0.29) is 5.56 Å². The van der Waals surface area contributed by atoms with Gasteiger partial charge in [-0.15, -0.1) is 0 Å². The molecule has 0 bridgehead atoms. The first-order chi connectivity index (χ1) is 7.96. The summed E-state index contributed by atoms with van der Waals surface area (Å²) >= 11 is 1.39. The normalized spacial score (nSPS) is 14.6. The van der Waals surface area contributed by atoms with Crippen molar-refractivity contribution >= 4 is 11.8 Å². The van der Waals surface area contributed by atoms with E-state index in [0.717, 1.165) is 18.5 Å². The number of hydrogen-bond donors (Lipinski definition) is 2. The van der Waals surface area contributed by atoms with Gasteiger partial charge in [0.25, 0.3) is 5.56 Å². The molecule has 0 spiro atoms. The minimum absolute atomic E-state index is 0.123. The molecular weight excluding hydrogens is 236 g/mol. The van der Waals surface area contributed by atoms with Crippen LogP contribution in [0.3, 0.4) is 0 Å². The molecule has 1 atom stereocenters. The average Bonchev–Trinajstić information content (AvgIpc) is 2.26. The summed E-state index contributed by atoms with van der Waals surface area (Å²) in [6.45, 7) is 5.77. The van der Waals surface area contributed by atoms with Crippen molar-refractivity contribution in [2.45, 2.75) is 50.8 Å². The second-order valence-electron chi connectivity index (χ2n) is 4.43. The third-order valence-corrected chi connectivity index (χ3v) is 3.79. The van der Waals surface area contributed by atoms with Crippen LogP contribution in [-0.4, -0.2) is 26.4 Å². The Hall–Kier alpha value is -0.810. The summed E-state index contributed by atoms with van der Waals surface area (Å²) in [5.41, 5.74) is -0.0266. The average molecular weight is 256 g/mol. The molecule has 0 saturated heterocycles. The van der Waals surface area contributed by atoms with Crippen molar-refractivity contribution < 1.29 is 5.11 Å². The zero-order valence-corrected chi connectivity index (χ0v) is 11.4. The first kappa shape index (κ1) is 14.3. The first-order valence-corrected chi connectivity index (χ1v) is 6.91. The molecule has 1 aromatic rings. The molecule has 0 fully saturated rings. The molecule has 1 heterocycles. The van der Waals surface area contributed by atoms with Gasteiger partial charge in [-0.2, -0.15) is 0 Å². The first-order valence-electron chi connectivity index (χ1n) is 5.92. The Balaban J connectivity index is 2.74. The predicted molar refractivity (Wildman–Crippen MR) is 70.5 cm³/mol. The van der Waals surface area contributed by atoms with E-state index in [1.54, 1.807) is 6.92 Å². The maximum Gasteiger partial charge on any atom is 0.251 e. The Labute approximate surface area is 106 Å². The third-order valence-electron chi connectivity index (χ3n) is 2.56. The maximum atomic E-state index is 11.4. The highest BCUT2D eigenvalue weighted by Gasteiger charge is 2.18. The number of thioether (sulfide) groups is 1. The van der Waals surface area contributed by atoms with Gasteiger partial charge in [0.15, 0.2) is 5.16 Å². The number of hydrogen-bond acceptors (Lipinski definition) is 4. The second-order valence-corrected chi connectivity index (χ2v) is 5.40. The van der Waals surface area contributed by atoms with E-state index < -0.39 is 5.60 Å². The van der Waals surface area contributed by atoms with Gasteiger partial charge in [-0.1, -0.05) is 32.0 Å². The van der Waals surface area contributed by atoms with Crippen LogP contribution in [0.25, 0.3) is 0 Å². The molecule has 0 aromatic carbocycles. The molecule has 0 radical (unpaired) electrons. The number of aryl methyl sites for hydroxylation is 1. The van der Waals surface area contributed by atoms with Gasteiger partial charge in [0.1, 0.15) is 0 Å². The number of H-pyrrole nitrogens is 1. The van der Waals surface area contributed by atoms with Crippen molar-refractivity contribution in [3.05, 3.63) is 22.1 Å². The van der Waals surface area contributed by atoms with E-state index in [1.807, 2.05) is 6.92 Å². The molecule has 17 heavy (non-hydrogen) atoms. The van der Waals surface area contributed by atoms with E-state index in [2.05, 4.69) is 16.9 Å². The van der Waals surface area contributed by atoms with Gasteiger partial charge in [-0.05, 0) is 19.8 Å². The van der Waals surface area contributed by atoms with Crippen molar-refractivity contribution in [1.82, 2.24) is 9.97 Å². The standard InChI is InChI=1S/C12H20N2O2S/c1-4-6-9-7-10(15)14-11(13-9)17-8-12(3,16)5-2/h7,16H,4-6,8H2,1-3H3,(H,13,14,15). The molecule has 0 aliphatic rings. The van der Waals surface area contributed by atoms with Crippen molar-refractivity contribution in [3.8, 4) is 0 Å². The summed E-state index contributed by atoms with van der Waals surface area (Å²) in [5, 5.41) is 10.5. The number of aromatic nitrogens is 2. The molecule has 0 aliphatic carbocycles. The summed E-state index contributed by atoms with van der Waals surface area (Å²) in [6.07, 6.45) is 2.45. The van der Waals surface area contributed by atoms with E-state index in [9.17, 15) is 9.90 Å². The van der Waals surface area contributed by atoms with Crippen LogP contribution in [-0.2, 0) is 6.42 Å². The molecule has 1 rings (SSSR count). The predicted octanol–water partition coefficient (Wildman–Crippen LogP) is 1.98. The largest absolute Gasteiger partial charge is 0.389 e. The molecule has 0 aliphatic heterocycles. The van der Waals surface area contributed by atoms with E-state index in [1.165, 1.54) is 17.8 Å². The fourth-order valence-electron chi connectivity index (χ4n) is 1.26. The minimum Gasteiger partial charge on any atom is -0.389 e. The highest BCUT2D eigenvalue weighted by Crippen LogP contribution is 2.20. The fraction of sp³-hybridized carbons (Fsp3) is 0.667. The fourth-order valence-corrected chi connectivity index (χ4v) is 2.27. The van der Waals surface area contributed by atoms with Gasteiger partial charge in [-0.25, -0.2) is 4.98 Å². The van der Waals surface area contributed by atoms with Gasteiger partial charge in [0.05, 0.1) is 5.60 Å². The molecule has 96 valence electrons. The second kappa shape index (κ2) is 6.21. The Bertz CT molecular complexity index is 415. The molecular formula is C12H20N2O2S. The van der Waals surface area contributed by atoms with Crippen LogP contribution in [0.4, 0.5) is 0 Å². The lowest BCUT2D eigenvalue weighted by molar-refractivity contribution is 0.0815. The maximum absolute atomic E-state index is 11.4. The summed E-state index contributed by atoms with van der Waals surface area (Å²) in [7, 11) is 0. The molecule has 5 heteroatoms. The highest BCUT2D eigenvalue weighted by atomic mass is 32.2. The number of rotatable bonds is 6.